The summed E-state index contributed by atoms with van der Waals surface area (Å²) in [4.78, 5) is 0. The lowest BCUT2D eigenvalue weighted by Gasteiger charge is -2.06. The molecule has 2 nitrogen and oxygen atoms in total. The Morgan fingerprint density at radius 1 is 1.47 bits per heavy atom. The maximum atomic E-state index is 5.53. The summed E-state index contributed by atoms with van der Waals surface area (Å²) in [6, 6.07) is 7.82. The molecule has 0 heterocycles. The van der Waals surface area contributed by atoms with Gasteiger partial charge in [0.1, 0.15) is 12.4 Å². The van der Waals surface area contributed by atoms with Gasteiger partial charge in [0.15, 0.2) is 0 Å². The second-order valence-electron chi connectivity index (χ2n) is 2.91. The van der Waals surface area contributed by atoms with Crippen molar-refractivity contribution in [1.82, 2.24) is 5.32 Å². The van der Waals surface area contributed by atoms with Crippen LogP contribution in [0, 0.1) is 11.8 Å². The van der Waals surface area contributed by atoms with Gasteiger partial charge in [0.05, 0.1) is 6.54 Å². The van der Waals surface area contributed by atoms with Crippen molar-refractivity contribution in [2.75, 3.05) is 19.7 Å². The Bertz CT molecular complexity index is 354. The zero-order valence-corrected chi connectivity index (χ0v) is 10.3. The molecule has 1 aromatic carbocycles. The molecule has 15 heavy (non-hydrogen) atoms. The van der Waals surface area contributed by atoms with Gasteiger partial charge >= 0.3 is 0 Å². The van der Waals surface area contributed by atoms with E-state index in [1.165, 1.54) is 0 Å². The van der Waals surface area contributed by atoms with Crippen LogP contribution < -0.4 is 10.1 Å². The molecular formula is C12H14BrNO. The van der Waals surface area contributed by atoms with E-state index in [2.05, 4.69) is 33.1 Å². The fourth-order valence-electron chi connectivity index (χ4n) is 1.04. The molecule has 0 spiro atoms. The van der Waals surface area contributed by atoms with E-state index < -0.39 is 0 Å². The lowest BCUT2D eigenvalue weighted by Crippen LogP contribution is -2.21. The van der Waals surface area contributed by atoms with Crippen LogP contribution in [0.2, 0.25) is 0 Å². The Morgan fingerprint density at radius 2 is 2.33 bits per heavy atom. The van der Waals surface area contributed by atoms with Gasteiger partial charge < -0.3 is 10.1 Å². The molecule has 80 valence electrons. The van der Waals surface area contributed by atoms with Crippen molar-refractivity contribution in [3.8, 4) is 17.6 Å². The highest BCUT2D eigenvalue weighted by Gasteiger charge is 1.93. The van der Waals surface area contributed by atoms with E-state index in [4.69, 9.17) is 4.74 Å². The van der Waals surface area contributed by atoms with Gasteiger partial charge in [-0.25, -0.2) is 0 Å². The summed E-state index contributed by atoms with van der Waals surface area (Å²) in [5, 5.41) is 3.16. The van der Waals surface area contributed by atoms with E-state index >= 15 is 0 Å². The molecule has 0 aliphatic heterocycles. The third kappa shape index (κ3) is 5.46. The Hall–Kier alpha value is -0.980. The van der Waals surface area contributed by atoms with Crippen LogP contribution in [0.15, 0.2) is 28.7 Å². The smallest absolute Gasteiger partial charge is 0.120 e. The highest BCUT2D eigenvalue weighted by molar-refractivity contribution is 9.10. The van der Waals surface area contributed by atoms with Gasteiger partial charge in [-0.15, -0.1) is 5.92 Å². The Labute approximate surface area is 99.2 Å². The summed E-state index contributed by atoms with van der Waals surface area (Å²) in [6.45, 7) is 4.01. The summed E-state index contributed by atoms with van der Waals surface area (Å²) < 4.78 is 6.56. The third-order valence-corrected chi connectivity index (χ3v) is 2.23. The molecule has 1 N–H and O–H groups in total. The first-order chi connectivity index (χ1) is 7.33. The molecule has 0 amide bonds. The fourth-order valence-corrected chi connectivity index (χ4v) is 1.42. The van der Waals surface area contributed by atoms with Gasteiger partial charge in [0.2, 0.25) is 0 Å². The first kappa shape index (κ1) is 12.1. The van der Waals surface area contributed by atoms with Crippen LogP contribution >= 0.6 is 15.9 Å². The first-order valence-corrected chi connectivity index (χ1v) is 5.61. The topological polar surface area (TPSA) is 21.3 Å². The summed E-state index contributed by atoms with van der Waals surface area (Å²) in [5.41, 5.74) is 0. The van der Waals surface area contributed by atoms with Crippen molar-refractivity contribution in [1.29, 1.82) is 0 Å². The number of ether oxygens (including phenoxy) is 1. The molecule has 0 aliphatic carbocycles. The zero-order valence-electron chi connectivity index (χ0n) is 8.72. The minimum atomic E-state index is 0.655. The van der Waals surface area contributed by atoms with Crippen molar-refractivity contribution < 1.29 is 4.74 Å². The van der Waals surface area contributed by atoms with Crippen LogP contribution in [0.3, 0.4) is 0 Å². The Balaban J connectivity index is 2.16. The summed E-state index contributed by atoms with van der Waals surface area (Å²) in [7, 11) is 0. The van der Waals surface area contributed by atoms with E-state index in [1.54, 1.807) is 0 Å². The highest BCUT2D eigenvalue weighted by Crippen LogP contribution is 2.17. The maximum Gasteiger partial charge on any atom is 0.120 e. The summed E-state index contributed by atoms with van der Waals surface area (Å²) in [5.74, 6) is 6.64. The van der Waals surface area contributed by atoms with Crippen molar-refractivity contribution >= 4 is 15.9 Å². The minimum Gasteiger partial charge on any atom is -0.492 e. The van der Waals surface area contributed by atoms with Gasteiger partial charge in [-0.05, 0) is 25.1 Å². The van der Waals surface area contributed by atoms with Gasteiger partial charge in [0, 0.05) is 11.0 Å². The van der Waals surface area contributed by atoms with Gasteiger partial charge in [-0.2, -0.15) is 0 Å². The predicted octanol–water partition coefficient (Wildman–Crippen LogP) is 2.44. The lowest BCUT2D eigenvalue weighted by molar-refractivity contribution is 0.316. The first-order valence-electron chi connectivity index (χ1n) is 4.81. The van der Waals surface area contributed by atoms with Crippen molar-refractivity contribution in [2.45, 2.75) is 6.92 Å². The molecule has 0 atom stereocenters. The van der Waals surface area contributed by atoms with E-state index in [0.717, 1.165) is 23.3 Å². The predicted molar refractivity (Wildman–Crippen MR) is 66.0 cm³/mol. The zero-order chi connectivity index (χ0) is 10.9. The molecule has 0 bridgehead atoms. The third-order valence-electron chi connectivity index (χ3n) is 1.73. The highest BCUT2D eigenvalue weighted by atomic mass is 79.9. The molecule has 0 unspecified atom stereocenters. The van der Waals surface area contributed by atoms with Crippen LogP contribution in [0.1, 0.15) is 6.92 Å². The van der Waals surface area contributed by atoms with E-state index in [-0.39, 0.29) is 0 Å². The fraction of sp³-hybridized carbons (Fsp3) is 0.333. The normalized spacial score (nSPS) is 9.20. The molecule has 1 aromatic rings. The lowest BCUT2D eigenvalue weighted by atomic mass is 10.3. The Morgan fingerprint density at radius 3 is 3.07 bits per heavy atom. The molecule has 0 aliphatic rings. The number of rotatable bonds is 5. The van der Waals surface area contributed by atoms with Crippen molar-refractivity contribution in [3.05, 3.63) is 28.7 Å². The molecule has 0 fully saturated rings. The molecule has 0 aromatic heterocycles. The number of hydrogen-bond donors (Lipinski definition) is 1. The van der Waals surface area contributed by atoms with Crippen molar-refractivity contribution in [3.63, 3.8) is 0 Å². The van der Waals surface area contributed by atoms with Gasteiger partial charge in [-0.1, -0.05) is 27.9 Å². The van der Waals surface area contributed by atoms with E-state index in [9.17, 15) is 0 Å². The molecular weight excluding hydrogens is 254 g/mol. The largest absolute Gasteiger partial charge is 0.492 e. The monoisotopic (exact) mass is 267 g/mol. The van der Waals surface area contributed by atoms with Gasteiger partial charge in [-0.3, -0.25) is 0 Å². The minimum absolute atomic E-state index is 0.655. The number of nitrogens with one attached hydrogen (secondary N) is 1. The molecule has 0 radical (unpaired) electrons. The average Bonchev–Trinajstić information content (AvgIpc) is 2.23. The Kier molecular flexibility index (Phi) is 5.91. The van der Waals surface area contributed by atoms with Crippen LogP contribution in [0.4, 0.5) is 0 Å². The van der Waals surface area contributed by atoms with Crippen LogP contribution in [-0.4, -0.2) is 19.7 Å². The van der Waals surface area contributed by atoms with Crippen LogP contribution in [0.5, 0.6) is 5.75 Å². The molecule has 0 saturated heterocycles. The van der Waals surface area contributed by atoms with Crippen molar-refractivity contribution in [2.24, 2.45) is 0 Å². The SMILES string of the molecule is CC#CCNCCOc1cccc(Br)c1. The molecule has 1 rings (SSSR count). The number of benzene rings is 1. The summed E-state index contributed by atoms with van der Waals surface area (Å²) >= 11 is 3.39. The number of halogens is 1. The standard InChI is InChI=1S/C12H14BrNO/c1-2-3-7-14-8-9-15-12-6-4-5-11(13)10-12/h4-6,10,14H,7-9H2,1H3. The quantitative estimate of drug-likeness (QED) is 0.654. The average molecular weight is 268 g/mol. The maximum absolute atomic E-state index is 5.53. The van der Waals surface area contributed by atoms with Crippen LogP contribution in [-0.2, 0) is 0 Å². The van der Waals surface area contributed by atoms with Crippen LogP contribution in [0.25, 0.3) is 0 Å². The second-order valence-corrected chi connectivity index (χ2v) is 3.83. The molecule has 0 saturated carbocycles. The van der Waals surface area contributed by atoms with E-state index in [1.807, 2.05) is 31.2 Å². The van der Waals surface area contributed by atoms with E-state index in [0.29, 0.717) is 6.61 Å². The summed E-state index contributed by atoms with van der Waals surface area (Å²) in [6.07, 6.45) is 0. The second kappa shape index (κ2) is 7.33. The number of hydrogen-bond acceptors (Lipinski definition) is 2. The molecule has 3 heteroatoms. The van der Waals surface area contributed by atoms with Gasteiger partial charge in [0.25, 0.3) is 0 Å².